The van der Waals surface area contributed by atoms with Gasteiger partial charge in [0, 0.05) is 24.8 Å². The SMILES string of the molecule is CCN(Cc1ccccc1)c1cc(C(=O)Nc2cccc(C#N)c2)nc(C)n1. The van der Waals surface area contributed by atoms with Gasteiger partial charge in [0.15, 0.2) is 0 Å². The lowest BCUT2D eigenvalue weighted by atomic mass is 10.2. The van der Waals surface area contributed by atoms with E-state index in [1.165, 1.54) is 5.56 Å². The van der Waals surface area contributed by atoms with Crippen LogP contribution in [0.1, 0.15) is 34.4 Å². The molecule has 3 aromatic rings. The molecule has 0 aliphatic rings. The molecule has 6 heteroatoms. The molecule has 1 heterocycles. The van der Waals surface area contributed by atoms with Gasteiger partial charge in [-0.3, -0.25) is 4.79 Å². The van der Waals surface area contributed by atoms with Crippen molar-refractivity contribution in [1.29, 1.82) is 5.26 Å². The van der Waals surface area contributed by atoms with E-state index in [1.807, 2.05) is 25.1 Å². The van der Waals surface area contributed by atoms with E-state index in [0.717, 1.165) is 6.54 Å². The number of nitriles is 1. The Kier molecular flexibility index (Phi) is 5.97. The van der Waals surface area contributed by atoms with Gasteiger partial charge in [-0.05, 0) is 37.6 Å². The molecule has 1 aromatic heterocycles. The summed E-state index contributed by atoms with van der Waals surface area (Å²) in [5.41, 5.74) is 2.49. The molecule has 2 aromatic carbocycles. The van der Waals surface area contributed by atoms with Gasteiger partial charge in [0.1, 0.15) is 17.3 Å². The van der Waals surface area contributed by atoms with E-state index in [4.69, 9.17) is 5.26 Å². The maximum absolute atomic E-state index is 12.7. The van der Waals surface area contributed by atoms with Crippen molar-refractivity contribution in [3.63, 3.8) is 0 Å². The summed E-state index contributed by atoms with van der Waals surface area (Å²) in [5.74, 6) is 0.896. The highest BCUT2D eigenvalue weighted by molar-refractivity contribution is 6.03. The van der Waals surface area contributed by atoms with Crippen LogP contribution in [0.4, 0.5) is 11.5 Å². The van der Waals surface area contributed by atoms with Crippen LogP contribution in [0.5, 0.6) is 0 Å². The first kappa shape index (κ1) is 19.1. The monoisotopic (exact) mass is 371 g/mol. The van der Waals surface area contributed by atoms with Gasteiger partial charge in [-0.25, -0.2) is 9.97 Å². The molecule has 140 valence electrons. The molecule has 0 bridgehead atoms. The van der Waals surface area contributed by atoms with Crippen LogP contribution in [0.3, 0.4) is 0 Å². The number of carbonyl (C=O) groups is 1. The van der Waals surface area contributed by atoms with Gasteiger partial charge in [-0.2, -0.15) is 5.26 Å². The highest BCUT2D eigenvalue weighted by Gasteiger charge is 2.15. The minimum atomic E-state index is -0.336. The molecule has 28 heavy (non-hydrogen) atoms. The molecule has 6 nitrogen and oxygen atoms in total. The lowest BCUT2D eigenvalue weighted by Gasteiger charge is -2.22. The first-order valence-corrected chi connectivity index (χ1v) is 9.05. The summed E-state index contributed by atoms with van der Waals surface area (Å²) < 4.78 is 0. The molecule has 0 radical (unpaired) electrons. The summed E-state index contributed by atoms with van der Waals surface area (Å²) in [7, 11) is 0. The summed E-state index contributed by atoms with van der Waals surface area (Å²) in [5, 5.41) is 11.8. The number of amides is 1. The average molecular weight is 371 g/mol. The second-order valence-electron chi connectivity index (χ2n) is 6.31. The van der Waals surface area contributed by atoms with Crippen molar-refractivity contribution in [1.82, 2.24) is 9.97 Å². The summed E-state index contributed by atoms with van der Waals surface area (Å²) in [6.45, 7) is 5.26. The maximum atomic E-state index is 12.7. The minimum absolute atomic E-state index is 0.288. The molecule has 0 fully saturated rings. The molecule has 0 unspecified atom stereocenters. The number of carbonyl (C=O) groups excluding carboxylic acids is 1. The highest BCUT2D eigenvalue weighted by atomic mass is 16.1. The largest absolute Gasteiger partial charge is 0.352 e. The zero-order valence-corrected chi connectivity index (χ0v) is 15.9. The molecule has 0 saturated carbocycles. The Morgan fingerprint density at radius 1 is 1.11 bits per heavy atom. The molecular formula is C22H21N5O. The van der Waals surface area contributed by atoms with Crippen LogP contribution in [0.2, 0.25) is 0 Å². The Balaban J connectivity index is 1.83. The molecular weight excluding hydrogens is 350 g/mol. The smallest absolute Gasteiger partial charge is 0.274 e. The third kappa shape index (κ3) is 4.71. The predicted octanol–water partition coefficient (Wildman–Crippen LogP) is 3.94. The molecule has 0 aliphatic carbocycles. The molecule has 1 N–H and O–H groups in total. The van der Waals surface area contributed by atoms with Gasteiger partial charge in [0.05, 0.1) is 11.6 Å². The second kappa shape index (κ2) is 8.78. The second-order valence-corrected chi connectivity index (χ2v) is 6.31. The van der Waals surface area contributed by atoms with Crippen LogP contribution in [0.25, 0.3) is 0 Å². The Morgan fingerprint density at radius 3 is 2.61 bits per heavy atom. The van der Waals surface area contributed by atoms with Crippen molar-refractivity contribution in [2.24, 2.45) is 0 Å². The number of benzene rings is 2. The zero-order chi connectivity index (χ0) is 19.9. The van der Waals surface area contributed by atoms with E-state index in [1.54, 1.807) is 37.3 Å². The number of anilines is 2. The van der Waals surface area contributed by atoms with Crippen molar-refractivity contribution in [2.45, 2.75) is 20.4 Å². The standard InChI is InChI=1S/C22H21N5O/c1-3-27(15-17-8-5-4-6-9-17)21-13-20(24-16(2)25-21)22(28)26-19-11-7-10-18(12-19)14-23/h4-13H,3,15H2,1-2H3,(H,26,28). The fraction of sp³-hybridized carbons (Fsp3) is 0.182. The van der Waals surface area contributed by atoms with Crippen LogP contribution in [-0.4, -0.2) is 22.4 Å². The predicted molar refractivity (Wildman–Crippen MR) is 109 cm³/mol. The van der Waals surface area contributed by atoms with E-state index in [-0.39, 0.29) is 11.6 Å². The minimum Gasteiger partial charge on any atom is -0.352 e. The first-order valence-electron chi connectivity index (χ1n) is 9.05. The Hall–Kier alpha value is -3.72. The topological polar surface area (TPSA) is 81.9 Å². The van der Waals surface area contributed by atoms with E-state index in [2.05, 4.69) is 38.4 Å². The summed E-state index contributed by atoms with van der Waals surface area (Å²) >= 11 is 0. The number of aromatic nitrogens is 2. The summed E-state index contributed by atoms with van der Waals surface area (Å²) in [6.07, 6.45) is 0. The van der Waals surface area contributed by atoms with Gasteiger partial charge in [0.25, 0.3) is 5.91 Å². The molecule has 0 aliphatic heterocycles. The third-order valence-corrected chi connectivity index (χ3v) is 4.23. The van der Waals surface area contributed by atoms with Gasteiger partial charge in [-0.15, -0.1) is 0 Å². The maximum Gasteiger partial charge on any atom is 0.274 e. The van der Waals surface area contributed by atoms with E-state index >= 15 is 0 Å². The van der Waals surface area contributed by atoms with E-state index in [9.17, 15) is 4.79 Å². The van der Waals surface area contributed by atoms with Crippen molar-refractivity contribution in [2.75, 3.05) is 16.8 Å². The van der Waals surface area contributed by atoms with Crippen molar-refractivity contribution < 1.29 is 4.79 Å². The van der Waals surface area contributed by atoms with E-state index in [0.29, 0.717) is 29.4 Å². The van der Waals surface area contributed by atoms with Crippen LogP contribution in [0, 0.1) is 18.3 Å². The van der Waals surface area contributed by atoms with Crippen LogP contribution in [-0.2, 0) is 6.54 Å². The highest BCUT2D eigenvalue weighted by Crippen LogP contribution is 2.17. The number of nitrogens with one attached hydrogen (secondary N) is 1. The lowest BCUT2D eigenvalue weighted by molar-refractivity contribution is 0.102. The Morgan fingerprint density at radius 2 is 1.89 bits per heavy atom. The molecule has 0 spiro atoms. The van der Waals surface area contributed by atoms with Crippen molar-refractivity contribution in [3.05, 3.63) is 83.3 Å². The third-order valence-electron chi connectivity index (χ3n) is 4.23. The fourth-order valence-electron chi connectivity index (χ4n) is 2.85. The van der Waals surface area contributed by atoms with Gasteiger partial charge in [-0.1, -0.05) is 36.4 Å². The molecule has 0 atom stereocenters. The fourth-order valence-corrected chi connectivity index (χ4v) is 2.85. The van der Waals surface area contributed by atoms with Crippen LogP contribution < -0.4 is 10.2 Å². The van der Waals surface area contributed by atoms with Gasteiger partial charge >= 0.3 is 0 Å². The van der Waals surface area contributed by atoms with Crippen molar-refractivity contribution in [3.8, 4) is 6.07 Å². The van der Waals surface area contributed by atoms with Crippen molar-refractivity contribution >= 4 is 17.4 Å². The Bertz CT molecular complexity index is 1010. The summed E-state index contributed by atoms with van der Waals surface area (Å²) in [4.78, 5) is 23.6. The summed E-state index contributed by atoms with van der Waals surface area (Å²) in [6, 6.07) is 20.6. The number of hydrogen-bond acceptors (Lipinski definition) is 5. The molecule has 1 amide bonds. The average Bonchev–Trinajstić information content (AvgIpc) is 2.72. The number of rotatable bonds is 6. The number of nitrogens with zero attached hydrogens (tertiary/aromatic N) is 4. The van der Waals surface area contributed by atoms with Gasteiger partial charge in [0.2, 0.25) is 0 Å². The quantitative estimate of drug-likeness (QED) is 0.710. The first-order chi connectivity index (χ1) is 13.6. The number of aryl methyl sites for hydroxylation is 1. The van der Waals surface area contributed by atoms with Crippen LogP contribution in [0.15, 0.2) is 60.7 Å². The van der Waals surface area contributed by atoms with Crippen LogP contribution >= 0.6 is 0 Å². The lowest BCUT2D eigenvalue weighted by Crippen LogP contribution is -2.25. The zero-order valence-electron chi connectivity index (χ0n) is 15.9. The molecule has 0 saturated heterocycles. The number of hydrogen-bond donors (Lipinski definition) is 1. The Labute approximate surface area is 164 Å². The van der Waals surface area contributed by atoms with Gasteiger partial charge < -0.3 is 10.2 Å². The normalized spacial score (nSPS) is 10.2. The molecule has 3 rings (SSSR count). The van der Waals surface area contributed by atoms with E-state index < -0.39 is 0 Å².